The fourth-order valence-electron chi connectivity index (χ4n) is 3.18. The maximum atomic E-state index is 12.7. The fourth-order valence-corrected chi connectivity index (χ4v) is 3.18. The predicted molar refractivity (Wildman–Crippen MR) is 125 cm³/mol. The second-order valence-electron chi connectivity index (χ2n) is 7.20. The van der Waals surface area contributed by atoms with Gasteiger partial charge in [0.2, 0.25) is 5.95 Å². The Hall–Kier alpha value is -4.19. The Morgan fingerprint density at radius 1 is 0.645 bits per heavy atom. The van der Waals surface area contributed by atoms with E-state index in [1.807, 2.05) is 86.6 Å². The Morgan fingerprint density at radius 3 is 1.97 bits per heavy atom. The van der Waals surface area contributed by atoms with Crippen LogP contribution in [-0.2, 0) is 0 Å². The standard InChI is InChI=1S/C25H23N5O/c1-17-15-18(2)27-25(26-17)30-23-10-6-7-19(16-23)24(31)29-22-13-11-21(12-14-22)28-20-8-4-3-5-9-20/h3-16,28H,1-2H3,(H,29,31)(H,26,27,30). The molecule has 0 atom stereocenters. The number of carbonyl (C=O) groups excluding carboxylic acids is 1. The van der Waals surface area contributed by atoms with Crippen LogP contribution in [0.25, 0.3) is 0 Å². The Kier molecular flexibility index (Phi) is 5.89. The van der Waals surface area contributed by atoms with Gasteiger partial charge >= 0.3 is 0 Å². The highest BCUT2D eigenvalue weighted by molar-refractivity contribution is 6.04. The molecular weight excluding hydrogens is 386 g/mol. The third-order valence-corrected chi connectivity index (χ3v) is 4.57. The number of rotatable bonds is 6. The molecule has 31 heavy (non-hydrogen) atoms. The summed E-state index contributed by atoms with van der Waals surface area (Å²) in [5.74, 6) is 0.324. The summed E-state index contributed by atoms with van der Waals surface area (Å²) in [6.07, 6.45) is 0. The molecule has 4 aromatic rings. The highest BCUT2D eigenvalue weighted by Crippen LogP contribution is 2.20. The van der Waals surface area contributed by atoms with Crippen LogP contribution >= 0.6 is 0 Å². The van der Waals surface area contributed by atoms with E-state index in [9.17, 15) is 4.79 Å². The first kappa shape index (κ1) is 20.1. The second kappa shape index (κ2) is 9.09. The van der Waals surface area contributed by atoms with Crippen LogP contribution in [0.5, 0.6) is 0 Å². The van der Waals surface area contributed by atoms with E-state index in [0.29, 0.717) is 11.5 Å². The molecule has 4 rings (SSSR count). The largest absolute Gasteiger partial charge is 0.356 e. The molecule has 0 radical (unpaired) electrons. The molecule has 1 amide bonds. The van der Waals surface area contributed by atoms with Gasteiger partial charge in [-0.25, -0.2) is 9.97 Å². The van der Waals surface area contributed by atoms with Gasteiger partial charge < -0.3 is 16.0 Å². The number of hydrogen-bond acceptors (Lipinski definition) is 5. The lowest BCUT2D eigenvalue weighted by atomic mass is 10.1. The van der Waals surface area contributed by atoms with Crippen molar-refractivity contribution in [3.05, 3.63) is 102 Å². The molecular formula is C25H23N5O. The van der Waals surface area contributed by atoms with Crippen LogP contribution in [0.2, 0.25) is 0 Å². The van der Waals surface area contributed by atoms with Crippen molar-refractivity contribution in [3.8, 4) is 0 Å². The highest BCUT2D eigenvalue weighted by Gasteiger charge is 2.08. The lowest BCUT2D eigenvalue weighted by Gasteiger charge is -2.10. The molecule has 0 aliphatic carbocycles. The van der Waals surface area contributed by atoms with Gasteiger partial charge in [0.25, 0.3) is 5.91 Å². The molecule has 0 aliphatic heterocycles. The van der Waals surface area contributed by atoms with Gasteiger partial charge in [-0.3, -0.25) is 4.79 Å². The summed E-state index contributed by atoms with van der Waals surface area (Å²) in [5, 5.41) is 9.42. The van der Waals surface area contributed by atoms with Crippen molar-refractivity contribution in [3.63, 3.8) is 0 Å². The molecule has 3 N–H and O–H groups in total. The number of nitrogens with one attached hydrogen (secondary N) is 3. The fraction of sp³-hybridized carbons (Fsp3) is 0.0800. The molecule has 0 fully saturated rings. The third kappa shape index (κ3) is 5.45. The van der Waals surface area contributed by atoms with Gasteiger partial charge in [0.15, 0.2) is 0 Å². The number of carbonyl (C=O) groups is 1. The molecule has 0 saturated heterocycles. The van der Waals surface area contributed by atoms with Crippen molar-refractivity contribution >= 4 is 34.6 Å². The van der Waals surface area contributed by atoms with E-state index in [1.165, 1.54) is 0 Å². The number of amides is 1. The average molecular weight is 409 g/mol. The van der Waals surface area contributed by atoms with E-state index >= 15 is 0 Å². The molecule has 1 heterocycles. The molecule has 0 spiro atoms. The number of aryl methyl sites for hydroxylation is 2. The van der Waals surface area contributed by atoms with Gasteiger partial charge in [0.1, 0.15) is 0 Å². The summed E-state index contributed by atoms with van der Waals surface area (Å²) in [6.45, 7) is 3.84. The number of benzene rings is 3. The molecule has 0 aliphatic rings. The van der Waals surface area contributed by atoms with Gasteiger partial charge in [-0.15, -0.1) is 0 Å². The van der Waals surface area contributed by atoms with Crippen LogP contribution in [0, 0.1) is 13.8 Å². The first-order valence-electron chi connectivity index (χ1n) is 9.98. The Morgan fingerprint density at radius 2 is 1.26 bits per heavy atom. The lowest BCUT2D eigenvalue weighted by Crippen LogP contribution is -2.12. The number of hydrogen-bond donors (Lipinski definition) is 3. The van der Waals surface area contributed by atoms with Crippen molar-refractivity contribution in [1.82, 2.24) is 9.97 Å². The van der Waals surface area contributed by atoms with E-state index in [1.54, 1.807) is 12.1 Å². The first-order valence-corrected chi connectivity index (χ1v) is 9.98. The molecule has 6 nitrogen and oxygen atoms in total. The summed E-state index contributed by atoms with van der Waals surface area (Å²) in [6, 6.07) is 26.7. The number of aromatic nitrogens is 2. The number of anilines is 5. The van der Waals surface area contributed by atoms with E-state index in [-0.39, 0.29) is 5.91 Å². The average Bonchev–Trinajstić information content (AvgIpc) is 2.75. The Balaban J connectivity index is 1.42. The predicted octanol–water partition coefficient (Wildman–Crippen LogP) is 5.83. The molecule has 1 aromatic heterocycles. The zero-order valence-corrected chi connectivity index (χ0v) is 17.4. The highest BCUT2D eigenvalue weighted by atomic mass is 16.1. The molecule has 0 bridgehead atoms. The van der Waals surface area contributed by atoms with Gasteiger partial charge in [0, 0.05) is 39.7 Å². The van der Waals surface area contributed by atoms with Crippen molar-refractivity contribution in [1.29, 1.82) is 0 Å². The van der Waals surface area contributed by atoms with E-state index in [0.717, 1.165) is 34.1 Å². The monoisotopic (exact) mass is 409 g/mol. The Labute approximate surface area is 181 Å². The zero-order valence-electron chi connectivity index (χ0n) is 17.4. The Bertz CT molecular complexity index is 1170. The van der Waals surface area contributed by atoms with Crippen LogP contribution in [0.3, 0.4) is 0 Å². The molecule has 3 aromatic carbocycles. The third-order valence-electron chi connectivity index (χ3n) is 4.57. The quantitative estimate of drug-likeness (QED) is 0.373. The van der Waals surface area contributed by atoms with Crippen LogP contribution in [0.1, 0.15) is 21.7 Å². The summed E-state index contributed by atoms with van der Waals surface area (Å²) in [4.78, 5) is 21.5. The normalized spacial score (nSPS) is 10.4. The molecule has 0 saturated carbocycles. The second-order valence-corrected chi connectivity index (χ2v) is 7.20. The molecule has 154 valence electrons. The van der Waals surface area contributed by atoms with Crippen LogP contribution in [0.15, 0.2) is 84.9 Å². The summed E-state index contributed by atoms with van der Waals surface area (Å²) >= 11 is 0. The van der Waals surface area contributed by atoms with Gasteiger partial charge in [0.05, 0.1) is 0 Å². The van der Waals surface area contributed by atoms with Crippen molar-refractivity contribution in [2.24, 2.45) is 0 Å². The van der Waals surface area contributed by atoms with E-state index in [2.05, 4.69) is 25.9 Å². The smallest absolute Gasteiger partial charge is 0.255 e. The minimum absolute atomic E-state index is 0.186. The number of nitrogens with zero attached hydrogens (tertiary/aromatic N) is 2. The number of para-hydroxylation sites is 1. The molecule has 6 heteroatoms. The van der Waals surface area contributed by atoms with Crippen LogP contribution in [-0.4, -0.2) is 15.9 Å². The first-order chi connectivity index (χ1) is 15.0. The maximum absolute atomic E-state index is 12.7. The summed E-state index contributed by atoms with van der Waals surface area (Å²) in [5.41, 5.74) is 5.74. The summed E-state index contributed by atoms with van der Waals surface area (Å²) < 4.78 is 0. The van der Waals surface area contributed by atoms with E-state index in [4.69, 9.17) is 0 Å². The van der Waals surface area contributed by atoms with Crippen molar-refractivity contribution in [2.75, 3.05) is 16.0 Å². The van der Waals surface area contributed by atoms with Gasteiger partial charge in [-0.2, -0.15) is 0 Å². The summed E-state index contributed by atoms with van der Waals surface area (Å²) in [7, 11) is 0. The zero-order chi connectivity index (χ0) is 21.6. The molecule has 0 unspecified atom stereocenters. The van der Waals surface area contributed by atoms with Gasteiger partial charge in [-0.05, 0) is 74.5 Å². The maximum Gasteiger partial charge on any atom is 0.255 e. The van der Waals surface area contributed by atoms with E-state index < -0.39 is 0 Å². The lowest BCUT2D eigenvalue weighted by molar-refractivity contribution is 0.102. The minimum atomic E-state index is -0.186. The topological polar surface area (TPSA) is 78.9 Å². The van der Waals surface area contributed by atoms with Gasteiger partial charge in [-0.1, -0.05) is 24.3 Å². The SMILES string of the molecule is Cc1cc(C)nc(Nc2cccc(C(=O)Nc3ccc(Nc4ccccc4)cc3)c2)n1. The van der Waals surface area contributed by atoms with Crippen LogP contribution < -0.4 is 16.0 Å². The van der Waals surface area contributed by atoms with Crippen molar-refractivity contribution in [2.45, 2.75) is 13.8 Å². The van der Waals surface area contributed by atoms with Crippen molar-refractivity contribution < 1.29 is 4.79 Å². The van der Waals surface area contributed by atoms with Crippen LogP contribution in [0.4, 0.5) is 28.7 Å². The minimum Gasteiger partial charge on any atom is -0.356 e.